The fraction of sp³-hybridized carbons (Fsp3) is 0.0909. The van der Waals surface area contributed by atoms with Crippen LogP contribution in [0.2, 0.25) is 5.02 Å². The summed E-state index contributed by atoms with van der Waals surface area (Å²) in [5, 5.41) is -0.0994. The average molecular weight is 356 g/mol. The fourth-order valence-electron chi connectivity index (χ4n) is 1.69. The molecule has 22 heavy (non-hydrogen) atoms. The standard InChI is InChI=1S/C11H6ClF4N3O2S/c12-4-1-5(13)6(2-7(4)22)18-9(20)3-8(11(14,15)16)19(17)10(18)21/h1-3,22H,17H2. The molecular formula is C11H6ClF4N3O2S. The van der Waals surface area contributed by atoms with Crippen molar-refractivity contribution >= 4 is 24.2 Å². The van der Waals surface area contributed by atoms with E-state index >= 15 is 0 Å². The Morgan fingerprint density at radius 1 is 1.18 bits per heavy atom. The Morgan fingerprint density at radius 3 is 2.32 bits per heavy atom. The predicted octanol–water partition coefficient (Wildman–Crippen LogP) is 1.81. The number of hydrogen-bond acceptors (Lipinski definition) is 4. The molecular weight excluding hydrogens is 350 g/mol. The van der Waals surface area contributed by atoms with E-state index in [-0.39, 0.29) is 25.2 Å². The van der Waals surface area contributed by atoms with Crippen LogP contribution in [0.15, 0.2) is 32.7 Å². The van der Waals surface area contributed by atoms with Gasteiger partial charge in [-0.05, 0) is 12.1 Å². The lowest BCUT2D eigenvalue weighted by molar-refractivity contribution is -0.143. The number of alkyl halides is 3. The number of halogens is 5. The molecule has 1 heterocycles. The second-order valence-electron chi connectivity index (χ2n) is 4.11. The summed E-state index contributed by atoms with van der Waals surface area (Å²) in [7, 11) is 0. The van der Waals surface area contributed by atoms with Gasteiger partial charge >= 0.3 is 11.9 Å². The highest BCUT2D eigenvalue weighted by Gasteiger charge is 2.36. The summed E-state index contributed by atoms with van der Waals surface area (Å²) in [6.45, 7) is 0. The number of nitrogens with two attached hydrogens (primary N) is 1. The Morgan fingerprint density at radius 2 is 1.77 bits per heavy atom. The fourth-order valence-corrected chi connectivity index (χ4v) is 2.03. The summed E-state index contributed by atoms with van der Waals surface area (Å²) in [4.78, 5) is 23.7. The summed E-state index contributed by atoms with van der Waals surface area (Å²) in [6, 6.07) is 1.79. The summed E-state index contributed by atoms with van der Waals surface area (Å²) in [6.07, 6.45) is -5.01. The zero-order valence-electron chi connectivity index (χ0n) is 10.4. The van der Waals surface area contributed by atoms with E-state index in [9.17, 15) is 27.2 Å². The first kappa shape index (κ1) is 16.4. The van der Waals surface area contributed by atoms with Crippen molar-refractivity contribution in [2.24, 2.45) is 0 Å². The maximum atomic E-state index is 13.9. The van der Waals surface area contributed by atoms with E-state index in [0.717, 1.165) is 12.1 Å². The van der Waals surface area contributed by atoms with Crippen LogP contribution in [-0.2, 0) is 6.18 Å². The van der Waals surface area contributed by atoms with Crippen LogP contribution in [0.25, 0.3) is 5.69 Å². The van der Waals surface area contributed by atoms with Crippen LogP contribution in [-0.4, -0.2) is 9.24 Å². The van der Waals surface area contributed by atoms with Crippen molar-refractivity contribution in [3.05, 3.63) is 55.6 Å². The minimum Gasteiger partial charge on any atom is -0.335 e. The molecule has 0 amide bonds. The van der Waals surface area contributed by atoms with Gasteiger partial charge in [0.05, 0.1) is 10.7 Å². The quantitative estimate of drug-likeness (QED) is 0.466. The van der Waals surface area contributed by atoms with Crippen molar-refractivity contribution in [2.75, 3.05) is 5.84 Å². The van der Waals surface area contributed by atoms with Crippen LogP contribution in [0, 0.1) is 5.82 Å². The summed E-state index contributed by atoms with van der Waals surface area (Å²) in [5.74, 6) is 3.96. The molecule has 5 nitrogen and oxygen atoms in total. The molecule has 0 fully saturated rings. The molecule has 11 heteroatoms. The number of aromatic nitrogens is 2. The number of nitrogen functional groups attached to an aromatic ring is 1. The molecule has 0 unspecified atom stereocenters. The van der Waals surface area contributed by atoms with Gasteiger partial charge < -0.3 is 5.84 Å². The van der Waals surface area contributed by atoms with Crippen molar-refractivity contribution in [2.45, 2.75) is 11.1 Å². The molecule has 0 atom stereocenters. The van der Waals surface area contributed by atoms with Crippen molar-refractivity contribution in [3.8, 4) is 5.69 Å². The Labute approximate surface area is 129 Å². The lowest BCUT2D eigenvalue weighted by Crippen LogP contribution is -2.45. The number of benzene rings is 1. The van der Waals surface area contributed by atoms with Crippen LogP contribution in [0.1, 0.15) is 5.69 Å². The molecule has 0 aliphatic heterocycles. The number of thiol groups is 1. The lowest BCUT2D eigenvalue weighted by Gasteiger charge is -2.14. The monoisotopic (exact) mass is 355 g/mol. The van der Waals surface area contributed by atoms with Crippen LogP contribution in [0.5, 0.6) is 0 Å². The van der Waals surface area contributed by atoms with E-state index in [1.165, 1.54) is 0 Å². The van der Waals surface area contributed by atoms with Crippen LogP contribution in [0.3, 0.4) is 0 Å². The van der Waals surface area contributed by atoms with E-state index in [4.69, 9.17) is 17.4 Å². The normalized spacial score (nSPS) is 11.7. The second kappa shape index (κ2) is 5.36. The highest BCUT2D eigenvalue weighted by Crippen LogP contribution is 2.27. The van der Waals surface area contributed by atoms with Gasteiger partial charge in [0, 0.05) is 11.0 Å². The molecule has 2 N–H and O–H groups in total. The average Bonchev–Trinajstić information content (AvgIpc) is 2.38. The van der Waals surface area contributed by atoms with Gasteiger partial charge in [0.2, 0.25) is 0 Å². The second-order valence-corrected chi connectivity index (χ2v) is 5.00. The molecule has 0 aliphatic rings. The first-order valence-electron chi connectivity index (χ1n) is 5.44. The molecule has 0 radical (unpaired) electrons. The minimum absolute atomic E-state index is 0.0211. The van der Waals surface area contributed by atoms with Crippen LogP contribution < -0.4 is 17.1 Å². The highest BCUT2D eigenvalue weighted by atomic mass is 35.5. The number of hydrogen-bond donors (Lipinski definition) is 2. The number of nitrogens with zero attached hydrogens (tertiary/aromatic N) is 2. The molecule has 0 bridgehead atoms. The summed E-state index contributed by atoms with van der Waals surface area (Å²) < 4.78 is 51.7. The molecule has 2 rings (SSSR count). The Hall–Kier alpha value is -1.94. The highest BCUT2D eigenvalue weighted by molar-refractivity contribution is 7.80. The zero-order chi connectivity index (χ0) is 16.8. The molecule has 118 valence electrons. The summed E-state index contributed by atoms with van der Waals surface area (Å²) in [5.41, 5.74) is -5.22. The van der Waals surface area contributed by atoms with Crippen molar-refractivity contribution < 1.29 is 17.6 Å². The van der Waals surface area contributed by atoms with Gasteiger partial charge in [0.15, 0.2) is 5.69 Å². The van der Waals surface area contributed by atoms with Gasteiger partial charge in [-0.25, -0.2) is 18.4 Å². The van der Waals surface area contributed by atoms with E-state index in [1.54, 1.807) is 0 Å². The van der Waals surface area contributed by atoms with Crippen LogP contribution >= 0.6 is 24.2 Å². The van der Waals surface area contributed by atoms with Gasteiger partial charge in [-0.3, -0.25) is 4.79 Å². The topological polar surface area (TPSA) is 70.0 Å². The molecule has 0 spiro atoms. The van der Waals surface area contributed by atoms with Gasteiger partial charge in [-0.15, -0.1) is 12.6 Å². The van der Waals surface area contributed by atoms with Gasteiger partial charge in [-0.1, -0.05) is 11.6 Å². The first-order chi connectivity index (χ1) is 10.0. The maximum absolute atomic E-state index is 13.9. The Kier molecular flexibility index (Phi) is 4.00. The third-order valence-electron chi connectivity index (χ3n) is 2.69. The lowest BCUT2D eigenvalue weighted by atomic mass is 10.3. The molecule has 1 aromatic heterocycles. The third kappa shape index (κ3) is 2.71. The molecule has 0 saturated heterocycles. The van der Waals surface area contributed by atoms with Crippen molar-refractivity contribution in [3.63, 3.8) is 0 Å². The number of rotatable bonds is 1. The Bertz CT molecular complexity index is 875. The molecule has 1 aromatic carbocycles. The van der Waals surface area contributed by atoms with E-state index in [0.29, 0.717) is 0 Å². The van der Waals surface area contributed by atoms with E-state index < -0.39 is 34.6 Å². The molecule has 0 saturated carbocycles. The SMILES string of the molecule is Nn1c(C(F)(F)F)cc(=O)n(-c2cc(S)c(Cl)cc2F)c1=O. The molecule has 2 aromatic rings. The largest absolute Gasteiger partial charge is 0.433 e. The van der Waals surface area contributed by atoms with Crippen LogP contribution in [0.4, 0.5) is 17.6 Å². The van der Waals surface area contributed by atoms with E-state index in [2.05, 4.69) is 12.6 Å². The minimum atomic E-state index is -5.01. The zero-order valence-corrected chi connectivity index (χ0v) is 12.0. The predicted molar refractivity (Wildman–Crippen MR) is 73.7 cm³/mol. The maximum Gasteiger partial charge on any atom is 0.433 e. The third-order valence-corrected chi connectivity index (χ3v) is 3.50. The van der Waals surface area contributed by atoms with Gasteiger partial charge in [0.25, 0.3) is 5.56 Å². The molecule has 0 aliphatic carbocycles. The van der Waals surface area contributed by atoms with Gasteiger partial charge in [0.1, 0.15) is 5.82 Å². The Balaban J connectivity index is 2.85. The van der Waals surface area contributed by atoms with Gasteiger partial charge in [-0.2, -0.15) is 13.2 Å². The van der Waals surface area contributed by atoms with Crippen molar-refractivity contribution in [1.29, 1.82) is 0 Å². The first-order valence-corrected chi connectivity index (χ1v) is 6.26. The smallest absolute Gasteiger partial charge is 0.335 e. The van der Waals surface area contributed by atoms with E-state index in [1.807, 2.05) is 0 Å². The van der Waals surface area contributed by atoms with Crippen molar-refractivity contribution in [1.82, 2.24) is 9.24 Å². The summed E-state index contributed by atoms with van der Waals surface area (Å²) >= 11 is 9.50.